The van der Waals surface area contributed by atoms with E-state index in [0.29, 0.717) is 0 Å². The summed E-state index contributed by atoms with van der Waals surface area (Å²) in [7, 11) is 0. The number of pyridine rings is 1. The molecule has 0 radical (unpaired) electrons. The van der Waals surface area contributed by atoms with Gasteiger partial charge in [-0.05, 0) is 12.1 Å². The molecule has 3 heteroatoms. The van der Waals surface area contributed by atoms with Gasteiger partial charge in [-0.3, -0.25) is 0 Å². The van der Waals surface area contributed by atoms with Crippen molar-refractivity contribution in [3.05, 3.63) is 63.3 Å². The second-order valence-electron chi connectivity index (χ2n) is 3.25. The van der Waals surface area contributed by atoms with Crippen molar-refractivity contribution in [1.29, 1.82) is 0 Å². The van der Waals surface area contributed by atoms with Crippen molar-refractivity contribution in [3.63, 3.8) is 0 Å². The normalized spacial score (nSPS) is 10.3. The summed E-state index contributed by atoms with van der Waals surface area (Å²) in [6.07, 6.45) is 4.12. The van der Waals surface area contributed by atoms with Crippen molar-refractivity contribution < 1.29 is 4.57 Å². The van der Waals surface area contributed by atoms with E-state index in [1.807, 2.05) is 24.3 Å². The molecule has 0 fully saturated rings. The third kappa shape index (κ3) is 2.67. The molecule has 2 rings (SSSR count). The van der Waals surface area contributed by atoms with E-state index in [4.69, 9.17) is 0 Å². The Hall–Kier alpha value is -0.670. The fourth-order valence-corrected chi connectivity index (χ4v) is 2.65. The maximum Gasteiger partial charge on any atom is 0.175 e. The molecule has 0 aliphatic rings. The molecule has 0 saturated heterocycles. The minimum Gasteiger partial charge on any atom is -0.201 e. The van der Waals surface area contributed by atoms with E-state index in [-0.39, 0.29) is 0 Å². The molecular weight excluding hydrogens is 318 g/mol. The molecule has 0 spiro atoms. The van der Waals surface area contributed by atoms with Crippen molar-refractivity contribution in [3.8, 4) is 0 Å². The first-order valence-electron chi connectivity index (χ1n) is 4.64. The summed E-state index contributed by atoms with van der Waals surface area (Å²) in [5.74, 6) is 0. The average molecular weight is 328 g/mol. The number of aromatic nitrogens is 1. The van der Waals surface area contributed by atoms with Gasteiger partial charge in [0, 0.05) is 26.6 Å². The standard InChI is InChI=1S/C12H10Br2N/c13-11-5-4-6-12(14)10(11)9-15-7-2-1-3-8-15/h1-8H,9H2/q+1. The van der Waals surface area contributed by atoms with Crippen molar-refractivity contribution in [2.24, 2.45) is 0 Å². The summed E-state index contributed by atoms with van der Waals surface area (Å²) in [5.41, 5.74) is 1.26. The predicted octanol–water partition coefficient (Wildman–Crippen LogP) is 3.55. The zero-order valence-corrected chi connectivity index (χ0v) is 11.2. The van der Waals surface area contributed by atoms with Crippen LogP contribution in [0.4, 0.5) is 0 Å². The van der Waals surface area contributed by atoms with E-state index in [2.05, 4.69) is 61.0 Å². The highest BCUT2D eigenvalue weighted by molar-refractivity contribution is 9.11. The Kier molecular flexibility index (Phi) is 3.54. The lowest BCUT2D eigenvalue weighted by Gasteiger charge is -2.03. The van der Waals surface area contributed by atoms with Gasteiger partial charge in [-0.1, -0.05) is 44.0 Å². The van der Waals surface area contributed by atoms with Crippen LogP contribution < -0.4 is 4.57 Å². The van der Waals surface area contributed by atoms with E-state index >= 15 is 0 Å². The first-order chi connectivity index (χ1) is 7.27. The summed E-state index contributed by atoms with van der Waals surface area (Å²) in [4.78, 5) is 0. The third-order valence-corrected chi connectivity index (χ3v) is 3.67. The lowest BCUT2D eigenvalue weighted by molar-refractivity contribution is -0.688. The molecule has 0 unspecified atom stereocenters. The minimum atomic E-state index is 0.864. The monoisotopic (exact) mass is 326 g/mol. The molecular formula is C12H10Br2N+. The van der Waals surface area contributed by atoms with Gasteiger partial charge < -0.3 is 0 Å². The SMILES string of the molecule is Brc1cccc(Br)c1C[n+]1ccccc1. The maximum atomic E-state index is 3.56. The average Bonchev–Trinajstić information content (AvgIpc) is 2.25. The van der Waals surface area contributed by atoms with Gasteiger partial charge in [0.15, 0.2) is 18.9 Å². The molecule has 0 amide bonds. The molecule has 76 valence electrons. The van der Waals surface area contributed by atoms with E-state index in [1.54, 1.807) is 0 Å². The van der Waals surface area contributed by atoms with Crippen molar-refractivity contribution in [2.75, 3.05) is 0 Å². The van der Waals surface area contributed by atoms with Gasteiger partial charge in [0.25, 0.3) is 0 Å². The Morgan fingerprint density at radius 3 is 2.07 bits per heavy atom. The molecule has 15 heavy (non-hydrogen) atoms. The lowest BCUT2D eigenvalue weighted by Crippen LogP contribution is -2.33. The van der Waals surface area contributed by atoms with E-state index in [1.165, 1.54) is 5.56 Å². The van der Waals surface area contributed by atoms with Crippen LogP contribution in [0.15, 0.2) is 57.7 Å². The topological polar surface area (TPSA) is 3.88 Å². The number of rotatable bonds is 2. The molecule has 0 atom stereocenters. The smallest absolute Gasteiger partial charge is 0.175 e. The van der Waals surface area contributed by atoms with Crippen molar-refractivity contribution >= 4 is 31.9 Å². The highest BCUT2D eigenvalue weighted by Gasteiger charge is 2.09. The fraction of sp³-hybridized carbons (Fsp3) is 0.0833. The quantitative estimate of drug-likeness (QED) is 0.743. The Morgan fingerprint density at radius 2 is 1.47 bits per heavy atom. The molecule has 0 aliphatic heterocycles. The van der Waals surface area contributed by atoms with Gasteiger partial charge in [0.1, 0.15) is 0 Å². The van der Waals surface area contributed by atoms with E-state index < -0.39 is 0 Å². The first-order valence-corrected chi connectivity index (χ1v) is 6.23. The number of benzene rings is 1. The zero-order valence-electron chi connectivity index (χ0n) is 8.03. The molecule has 0 bridgehead atoms. The molecule has 1 aromatic heterocycles. The van der Waals surface area contributed by atoms with Gasteiger partial charge in [-0.25, -0.2) is 4.57 Å². The van der Waals surface area contributed by atoms with E-state index in [9.17, 15) is 0 Å². The van der Waals surface area contributed by atoms with Crippen LogP contribution in [-0.2, 0) is 6.54 Å². The van der Waals surface area contributed by atoms with Crippen LogP contribution in [0, 0.1) is 0 Å². The van der Waals surface area contributed by atoms with E-state index in [0.717, 1.165) is 15.5 Å². The molecule has 2 aromatic rings. The molecule has 0 saturated carbocycles. The summed E-state index contributed by atoms with van der Waals surface area (Å²) in [6, 6.07) is 12.2. The van der Waals surface area contributed by atoms with Crippen molar-refractivity contribution in [2.45, 2.75) is 6.54 Å². The Labute approximate surface area is 106 Å². The zero-order chi connectivity index (χ0) is 10.7. The fourth-order valence-electron chi connectivity index (χ4n) is 1.41. The first kappa shape index (κ1) is 10.8. The van der Waals surface area contributed by atoms with Crippen LogP contribution in [-0.4, -0.2) is 0 Å². The van der Waals surface area contributed by atoms with Crippen LogP contribution in [0.25, 0.3) is 0 Å². The van der Waals surface area contributed by atoms with Gasteiger partial charge in [0.05, 0.1) is 0 Å². The largest absolute Gasteiger partial charge is 0.201 e. The van der Waals surface area contributed by atoms with Crippen molar-refractivity contribution in [1.82, 2.24) is 0 Å². The highest BCUT2D eigenvalue weighted by Crippen LogP contribution is 2.24. The van der Waals surface area contributed by atoms with Crippen LogP contribution in [0.1, 0.15) is 5.56 Å². The molecule has 1 heterocycles. The Morgan fingerprint density at radius 1 is 0.867 bits per heavy atom. The Balaban J connectivity index is 2.32. The number of hydrogen-bond acceptors (Lipinski definition) is 0. The van der Waals surface area contributed by atoms with Crippen LogP contribution in [0.3, 0.4) is 0 Å². The van der Waals surface area contributed by atoms with Crippen LogP contribution in [0.2, 0.25) is 0 Å². The highest BCUT2D eigenvalue weighted by atomic mass is 79.9. The second-order valence-corrected chi connectivity index (χ2v) is 4.96. The van der Waals surface area contributed by atoms with Gasteiger partial charge in [0.2, 0.25) is 0 Å². The number of nitrogens with zero attached hydrogens (tertiary/aromatic N) is 1. The molecule has 0 N–H and O–H groups in total. The number of halogens is 2. The van der Waals surface area contributed by atoms with Gasteiger partial charge >= 0.3 is 0 Å². The summed E-state index contributed by atoms with van der Waals surface area (Å²) in [6.45, 7) is 0.864. The Bertz CT molecular complexity index is 434. The minimum absolute atomic E-state index is 0.864. The predicted molar refractivity (Wildman–Crippen MR) is 67.6 cm³/mol. The summed E-state index contributed by atoms with van der Waals surface area (Å²) >= 11 is 7.12. The van der Waals surface area contributed by atoms with Crippen LogP contribution in [0.5, 0.6) is 0 Å². The number of hydrogen-bond donors (Lipinski definition) is 0. The molecule has 1 nitrogen and oxygen atoms in total. The lowest BCUT2D eigenvalue weighted by atomic mass is 10.2. The summed E-state index contributed by atoms with van der Waals surface area (Å²) < 4.78 is 4.41. The molecule has 1 aromatic carbocycles. The second kappa shape index (κ2) is 4.90. The summed E-state index contributed by atoms with van der Waals surface area (Å²) in [5, 5.41) is 0. The van der Waals surface area contributed by atoms with Gasteiger partial charge in [-0.15, -0.1) is 0 Å². The van der Waals surface area contributed by atoms with Crippen LogP contribution >= 0.6 is 31.9 Å². The van der Waals surface area contributed by atoms with Gasteiger partial charge in [-0.2, -0.15) is 0 Å². The maximum absolute atomic E-state index is 3.56. The molecule has 0 aliphatic carbocycles. The third-order valence-electron chi connectivity index (χ3n) is 2.18.